The van der Waals surface area contributed by atoms with Crippen molar-refractivity contribution in [2.45, 2.75) is 70.8 Å². The number of aromatic amines is 1. The van der Waals surface area contributed by atoms with Crippen molar-refractivity contribution >= 4 is 28.8 Å². The van der Waals surface area contributed by atoms with E-state index in [1.807, 2.05) is 0 Å². The zero-order valence-corrected chi connectivity index (χ0v) is 22.7. The Morgan fingerprint density at radius 1 is 1.10 bits per heavy atom. The number of benzene rings is 1. The molecule has 1 fully saturated rings. The summed E-state index contributed by atoms with van der Waals surface area (Å²) in [7, 11) is 1.46. The Morgan fingerprint density at radius 2 is 1.82 bits per heavy atom. The van der Waals surface area contributed by atoms with E-state index in [1.165, 1.54) is 13.4 Å². The fourth-order valence-electron chi connectivity index (χ4n) is 4.35. The van der Waals surface area contributed by atoms with Crippen LogP contribution < -0.4 is 20.3 Å². The van der Waals surface area contributed by atoms with Gasteiger partial charge in [0.15, 0.2) is 11.5 Å². The number of amides is 3. The highest BCUT2D eigenvalue weighted by atomic mass is 19.4. The van der Waals surface area contributed by atoms with Gasteiger partial charge in [0.2, 0.25) is 5.91 Å². The van der Waals surface area contributed by atoms with Crippen LogP contribution >= 0.6 is 0 Å². The van der Waals surface area contributed by atoms with Gasteiger partial charge in [0.1, 0.15) is 5.60 Å². The van der Waals surface area contributed by atoms with E-state index >= 15 is 0 Å². The van der Waals surface area contributed by atoms with E-state index < -0.39 is 48.7 Å². The van der Waals surface area contributed by atoms with Gasteiger partial charge in [-0.25, -0.2) is 14.7 Å². The van der Waals surface area contributed by atoms with Crippen LogP contribution in [-0.4, -0.2) is 70.9 Å². The van der Waals surface area contributed by atoms with Crippen LogP contribution in [0, 0.1) is 5.92 Å². The number of fused-ring (bicyclic) bond motifs is 1. The molecule has 3 rings (SSSR count). The summed E-state index contributed by atoms with van der Waals surface area (Å²) < 4.78 is 54.6. The number of carbonyl (C=O) groups is 3. The molecule has 0 unspecified atom stereocenters. The second kappa shape index (κ2) is 12.6. The van der Waals surface area contributed by atoms with E-state index in [1.54, 1.807) is 38.2 Å². The molecule has 1 aliphatic rings. The molecular formula is C26H33F3N4O7. The maximum absolute atomic E-state index is 13.4. The molecule has 0 bridgehead atoms. The summed E-state index contributed by atoms with van der Waals surface area (Å²) in [5.41, 5.74) is -0.852. The highest BCUT2D eigenvalue weighted by molar-refractivity contribution is 5.93. The minimum atomic E-state index is -5.09. The molecule has 1 saturated carbocycles. The van der Waals surface area contributed by atoms with Crippen molar-refractivity contribution in [2.24, 2.45) is 5.92 Å². The average Bonchev–Trinajstić information content (AvgIpc) is 3.10. The summed E-state index contributed by atoms with van der Waals surface area (Å²) in [6.45, 7) is 3.72. The van der Waals surface area contributed by atoms with Crippen molar-refractivity contribution in [3.63, 3.8) is 0 Å². The molecule has 220 valence electrons. The molecule has 1 aromatic carbocycles. The first-order valence-electron chi connectivity index (χ1n) is 12.8. The van der Waals surface area contributed by atoms with Crippen molar-refractivity contribution < 1.29 is 41.8 Å². The number of ether oxygens (including phenoxy) is 3. The summed E-state index contributed by atoms with van der Waals surface area (Å²) in [5, 5.41) is 2.00. The lowest BCUT2D eigenvalue weighted by Gasteiger charge is -2.28. The predicted octanol–water partition coefficient (Wildman–Crippen LogP) is 3.70. The molecule has 0 radical (unpaired) electrons. The van der Waals surface area contributed by atoms with E-state index in [9.17, 15) is 32.3 Å². The predicted molar refractivity (Wildman–Crippen MR) is 137 cm³/mol. The first-order chi connectivity index (χ1) is 18.7. The van der Waals surface area contributed by atoms with Gasteiger partial charge in [-0.15, -0.1) is 0 Å². The summed E-state index contributed by atoms with van der Waals surface area (Å²) in [5.74, 6) is -2.65. The third-order valence-corrected chi connectivity index (χ3v) is 6.24. The van der Waals surface area contributed by atoms with E-state index in [0.717, 1.165) is 4.90 Å². The molecule has 14 heteroatoms. The van der Waals surface area contributed by atoms with Gasteiger partial charge in [0.05, 0.1) is 30.4 Å². The van der Waals surface area contributed by atoms with Crippen LogP contribution in [0.15, 0.2) is 23.3 Å². The topological polar surface area (TPSA) is 140 Å². The van der Waals surface area contributed by atoms with Crippen LogP contribution in [-0.2, 0) is 14.3 Å². The quantitative estimate of drug-likeness (QED) is 0.481. The van der Waals surface area contributed by atoms with Gasteiger partial charge in [-0.05, 0) is 58.9 Å². The molecule has 1 aromatic heterocycles. The second-order valence-electron chi connectivity index (χ2n) is 10.4. The lowest BCUT2D eigenvalue weighted by molar-refractivity contribution is -0.173. The molecule has 11 nitrogen and oxygen atoms in total. The molecular weight excluding hydrogens is 537 g/mol. The number of methoxy groups -OCH3 is 1. The summed E-state index contributed by atoms with van der Waals surface area (Å²) in [6.07, 6.45) is -2.84. The molecule has 40 heavy (non-hydrogen) atoms. The van der Waals surface area contributed by atoms with Gasteiger partial charge >= 0.3 is 18.2 Å². The van der Waals surface area contributed by atoms with Gasteiger partial charge in [0.25, 0.3) is 5.56 Å². The third kappa shape index (κ3) is 8.09. The number of imide groups is 1. The lowest BCUT2D eigenvalue weighted by Crippen LogP contribution is -2.48. The van der Waals surface area contributed by atoms with Gasteiger partial charge in [-0.1, -0.05) is 0 Å². The number of nitrogens with one attached hydrogen (secondary N) is 2. The molecule has 0 saturated heterocycles. The van der Waals surface area contributed by atoms with Gasteiger partial charge in [0, 0.05) is 25.1 Å². The normalized spacial score (nSPS) is 18.0. The number of hydrogen-bond acceptors (Lipinski definition) is 8. The lowest BCUT2D eigenvalue weighted by atomic mass is 9.98. The van der Waals surface area contributed by atoms with Crippen molar-refractivity contribution in [2.75, 3.05) is 20.2 Å². The number of halogens is 3. The number of carbonyl (C=O) groups excluding carboxylic acids is 3. The molecule has 2 N–H and O–H groups in total. The third-order valence-electron chi connectivity index (χ3n) is 6.24. The fourth-order valence-corrected chi connectivity index (χ4v) is 4.35. The van der Waals surface area contributed by atoms with E-state index in [0.29, 0.717) is 54.5 Å². The number of rotatable bonds is 7. The first kappa shape index (κ1) is 30.7. The van der Waals surface area contributed by atoms with Gasteiger partial charge < -0.3 is 24.5 Å². The summed E-state index contributed by atoms with van der Waals surface area (Å²) in [4.78, 5) is 57.0. The Labute approximate surface area is 228 Å². The molecule has 1 aliphatic carbocycles. The van der Waals surface area contributed by atoms with Gasteiger partial charge in [-0.2, -0.15) is 13.2 Å². The number of nitrogens with zero attached hydrogens (tertiary/aromatic N) is 2. The van der Waals surface area contributed by atoms with Crippen molar-refractivity contribution in [1.29, 1.82) is 0 Å². The zero-order chi connectivity index (χ0) is 29.7. The SMILES string of the molecule is COc1cc2nc[nH]c(=O)c2cc1O[C@@H]1CCC[C@@H](C(=O)N(CCNC(=O)C(F)(F)F)C(=O)OC(C)(C)C)CC1. The Balaban J connectivity index is 1.71. The number of H-pyrrole nitrogens is 1. The molecule has 1 heterocycles. The minimum Gasteiger partial charge on any atom is -0.493 e. The van der Waals surface area contributed by atoms with Crippen LogP contribution in [0.3, 0.4) is 0 Å². The monoisotopic (exact) mass is 570 g/mol. The van der Waals surface area contributed by atoms with E-state index in [-0.39, 0.29) is 11.7 Å². The van der Waals surface area contributed by atoms with Crippen molar-refractivity contribution in [3.8, 4) is 11.5 Å². The molecule has 3 amide bonds. The molecule has 0 aliphatic heterocycles. The first-order valence-corrected chi connectivity index (χ1v) is 12.8. The summed E-state index contributed by atoms with van der Waals surface area (Å²) >= 11 is 0. The Bertz CT molecular complexity index is 1290. The van der Waals surface area contributed by atoms with E-state index in [2.05, 4.69) is 9.97 Å². The number of alkyl halides is 3. The second-order valence-corrected chi connectivity index (χ2v) is 10.4. The highest BCUT2D eigenvalue weighted by Gasteiger charge is 2.39. The van der Waals surface area contributed by atoms with Crippen molar-refractivity contribution in [3.05, 3.63) is 28.8 Å². The van der Waals surface area contributed by atoms with Crippen LogP contribution in [0.25, 0.3) is 10.9 Å². The highest BCUT2D eigenvalue weighted by Crippen LogP contribution is 2.34. The van der Waals surface area contributed by atoms with Gasteiger partial charge in [-0.3, -0.25) is 14.4 Å². The molecule has 2 atom stereocenters. The smallest absolute Gasteiger partial charge is 0.471 e. The summed E-state index contributed by atoms with van der Waals surface area (Å²) in [6, 6.07) is 3.15. The van der Waals surface area contributed by atoms with Crippen LogP contribution in [0.4, 0.5) is 18.0 Å². The van der Waals surface area contributed by atoms with Crippen LogP contribution in [0.5, 0.6) is 11.5 Å². The Kier molecular flexibility index (Phi) is 9.64. The Morgan fingerprint density at radius 3 is 2.48 bits per heavy atom. The van der Waals surface area contributed by atoms with Crippen LogP contribution in [0.2, 0.25) is 0 Å². The maximum Gasteiger partial charge on any atom is 0.471 e. The number of aromatic nitrogens is 2. The minimum absolute atomic E-state index is 0.325. The number of hydrogen-bond donors (Lipinski definition) is 2. The average molecular weight is 571 g/mol. The van der Waals surface area contributed by atoms with Crippen molar-refractivity contribution in [1.82, 2.24) is 20.2 Å². The largest absolute Gasteiger partial charge is 0.493 e. The zero-order valence-electron chi connectivity index (χ0n) is 22.7. The fraction of sp³-hybridized carbons (Fsp3) is 0.577. The Hall–Kier alpha value is -3.84. The molecule has 2 aromatic rings. The standard InChI is InChI=1S/C26H33F3N4O7/c1-25(2,3)40-24(37)33(11-10-30-23(36)26(27,28)29)22(35)15-6-5-7-16(9-8-15)39-20-12-17-18(13-19(20)38-4)31-14-32-21(17)34/h12-16H,5-11H2,1-4H3,(H,30,36)(H,31,32,34)/t15-,16-/m1/s1. The van der Waals surface area contributed by atoms with Crippen LogP contribution in [0.1, 0.15) is 52.9 Å². The van der Waals surface area contributed by atoms with E-state index in [4.69, 9.17) is 14.2 Å². The maximum atomic E-state index is 13.4. The molecule has 0 spiro atoms.